The van der Waals surface area contributed by atoms with Gasteiger partial charge in [-0.1, -0.05) is 30.3 Å². The summed E-state index contributed by atoms with van der Waals surface area (Å²) in [7, 11) is 0.914. The van der Waals surface area contributed by atoms with Gasteiger partial charge in [0, 0.05) is 41.9 Å². The quantitative estimate of drug-likeness (QED) is 0.815. The Bertz CT molecular complexity index is 484. The van der Waals surface area contributed by atoms with E-state index in [9.17, 15) is 14.1 Å². The predicted octanol–water partition coefficient (Wildman–Crippen LogP) is 0.250. The van der Waals surface area contributed by atoms with E-state index in [0.717, 1.165) is 5.56 Å². The van der Waals surface area contributed by atoms with E-state index in [1.54, 1.807) is 7.05 Å². The van der Waals surface area contributed by atoms with Crippen LogP contribution in [0.2, 0.25) is 0 Å². The third-order valence-corrected chi connectivity index (χ3v) is 5.07. The number of nitrogens with zero attached hydrogens (tertiary/aromatic N) is 1. The molecule has 2 N–H and O–H groups in total. The second-order valence-corrected chi connectivity index (χ2v) is 6.65. The number of aliphatic carboxylic acids is 1. The van der Waals surface area contributed by atoms with Crippen LogP contribution in [0.1, 0.15) is 5.56 Å². The summed E-state index contributed by atoms with van der Waals surface area (Å²) in [6.45, 7) is 1.73. The van der Waals surface area contributed by atoms with Gasteiger partial charge >= 0.3 is 5.97 Å². The van der Waals surface area contributed by atoms with Crippen LogP contribution in [-0.4, -0.2) is 58.4 Å². The minimum atomic E-state index is -1.12. The van der Waals surface area contributed by atoms with E-state index in [1.807, 2.05) is 30.3 Å². The van der Waals surface area contributed by atoms with Crippen molar-refractivity contribution in [1.82, 2.24) is 10.2 Å². The van der Waals surface area contributed by atoms with Crippen molar-refractivity contribution in [3.63, 3.8) is 0 Å². The molecule has 0 aromatic heterocycles. The number of benzene rings is 1. The lowest BCUT2D eigenvalue weighted by Gasteiger charge is -2.36. The van der Waals surface area contributed by atoms with Crippen molar-refractivity contribution in [3.8, 4) is 0 Å². The minimum absolute atomic E-state index is 0.375. The Morgan fingerprint density at radius 2 is 1.95 bits per heavy atom. The van der Waals surface area contributed by atoms with E-state index in [0.29, 0.717) is 31.1 Å². The second-order valence-electron chi connectivity index (χ2n) is 4.95. The molecule has 0 bridgehead atoms. The summed E-state index contributed by atoms with van der Waals surface area (Å²) in [5, 5.41) is 12.7. The third kappa shape index (κ3) is 3.08. The molecule has 1 unspecified atom stereocenters. The third-order valence-electron chi connectivity index (χ3n) is 3.79. The summed E-state index contributed by atoms with van der Waals surface area (Å²) in [5.74, 6) is 0.348. The summed E-state index contributed by atoms with van der Waals surface area (Å²) >= 11 is 0. The minimum Gasteiger partial charge on any atom is -0.480 e. The standard InChI is InChI=1S/C14H20N2O3S/c1-15-14(13(17)18,12-5-3-2-4-6-12)11-16-7-9-20(19)10-8-16/h2-6,15H,7-11H2,1H3,(H,17,18). The van der Waals surface area contributed by atoms with Crippen molar-refractivity contribution in [1.29, 1.82) is 0 Å². The van der Waals surface area contributed by atoms with Gasteiger partial charge in [0.1, 0.15) is 0 Å². The fourth-order valence-electron chi connectivity index (χ4n) is 2.50. The van der Waals surface area contributed by atoms with Crippen molar-refractivity contribution in [2.75, 3.05) is 38.2 Å². The molecule has 1 atom stereocenters. The summed E-state index contributed by atoms with van der Waals surface area (Å²) in [6, 6.07) is 9.21. The molecule has 5 nitrogen and oxygen atoms in total. The van der Waals surface area contributed by atoms with Crippen LogP contribution < -0.4 is 5.32 Å². The fraction of sp³-hybridized carbons (Fsp3) is 0.500. The zero-order valence-electron chi connectivity index (χ0n) is 11.5. The lowest BCUT2D eigenvalue weighted by Crippen LogP contribution is -2.57. The van der Waals surface area contributed by atoms with Crippen molar-refractivity contribution in [2.45, 2.75) is 5.54 Å². The molecule has 0 saturated carbocycles. The molecule has 1 aliphatic heterocycles. The van der Waals surface area contributed by atoms with Gasteiger partial charge in [-0.3, -0.25) is 9.11 Å². The number of rotatable bonds is 5. The Kier molecular flexibility index (Phi) is 4.91. The predicted molar refractivity (Wildman–Crippen MR) is 79.1 cm³/mol. The van der Waals surface area contributed by atoms with Crippen LogP contribution in [0.5, 0.6) is 0 Å². The Morgan fingerprint density at radius 3 is 2.45 bits per heavy atom. The van der Waals surface area contributed by atoms with Crippen LogP contribution in [-0.2, 0) is 21.1 Å². The molecular formula is C14H20N2O3S. The highest BCUT2D eigenvalue weighted by molar-refractivity contribution is 7.85. The largest absolute Gasteiger partial charge is 0.480 e. The van der Waals surface area contributed by atoms with Gasteiger partial charge in [-0.05, 0) is 12.6 Å². The molecule has 0 spiro atoms. The maximum atomic E-state index is 11.8. The zero-order valence-corrected chi connectivity index (χ0v) is 12.4. The molecule has 2 rings (SSSR count). The maximum Gasteiger partial charge on any atom is 0.329 e. The summed E-state index contributed by atoms with van der Waals surface area (Å²) in [6.07, 6.45) is 0. The molecule has 20 heavy (non-hydrogen) atoms. The topological polar surface area (TPSA) is 69.6 Å². The molecule has 1 aliphatic rings. The van der Waals surface area contributed by atoms with Gasteiger partial charge in [0.15, 0.2) is 5.54 Å². The van der Waals surface area contributed by atoms with Gasteiger partial charge in [0.25, 0.3) is 0 Å². The van der Waals surface area contributed by atoms with E-state index < -0.39 is 22.3 Å². The van der Waals surface area contributed by atoms with Crippen molar-refractivity contribution in [2.24, 2.45) is 0 Å². The van der Waals surface area contributed by atoms with Crippen molar-refractivity contribution < 1.29 is 14.1 Å². The van der Waals surface area contributed by atoms with Crippen molar-refractivity contribution in [3.05, 3.63) is 35.9 Å². The number of carboxylic acids is 1. The first-order chi connectivity index (χ1) is 9.58. The Morgan fingerprint density at radius 1 is 1.35 bits per heavy atom. The molecule has 1 aromatic rings. The summed E-state index contributed by atoms with van der Waals surface area (Å²) in [4.78, 5) is 13.9. The van der Waals surface area contributed by atoms with Crippen LogP contribution in [0.25, 0.3) is 0 Å². The van der Waals surface area contributed by atoms with Gasteiger partial charge in [0.05, 0.1) is 0 Å². The number of hydrogen-bond donors (Lipinski definition) is 2. The van der Waals surface area contributed by atoms with E-state index in [-0.39, 0.29) is 0 Å². The summed E-state index contributed by atoms with van der Waals surface area (Å²) < 4.78 is 11.4. The highest BCUT2D eigenvalue weighted by atomic mass is 32.2. The van der Waals surface area contributed by atoms with E-state index >= 15 is 0 Å². The van der Waals surface area contributed by atoms with Crippen LogP contribution in [0, 0.1) is 0 Å². The first-order valence-electron chi connectivity index (χ1n) is 6.63. The number of carbonyl (C=O) groups is 1. The van der Waals surface area contributed by atoms with E-state index in [1.165, 1.54) is 0 Å². The number of hydrogen-bond acceptors (Lipinski definition) is 4. The summed E-state index contributed by atoms with van der Waals surface area (Å²) in [5.41, 5.74) is -0.387. The second kappa shape index (κ2) is 6.47. The molecule has 0 amide bonds. The lowest BCUT2D eigenvalue weighted by molar-refractivity contribution is -0.146. The van der Waals surface area contributed by atoms with Crippen LogP contribution >= 0.6 is 0 Å². The molecular weight excluding hydrogens is 276 g/mol. The normalized spacial score (nSPS) is 20.4. The SMILES string of the molecule is CNC(CN1CCS(=O)CC1)(C(=O)O)c1ccccc1. The smallest absolute Gasteiger partial charge is 0.329 e. The molecule has 0 radical (unpaired) electrons. The molecule has 1 saturated heterocycles. The van der Waals surface area contributed by atoms with E-state index in [4.69, 9.17) is 0 Å². The Labute approximate surface area is 121 Å². The van der Waals surface area contributed by atoms with Crippen LogP contribution in [0.4, 0.5) is 0 Å². The van der Waals surface area contributed by atoms with Gasteiger partial charge in [0.2, 0.25) is 0 Å². The molecule has 0 aliphatic carbocycles. The van der Waals surface area contributed by atoms with Gasteiger partial charge in [-0.15, -0.1) is 0 Å². The fourth-order valence-corrected chi connectivity index (χ4v) is 3.63. The highest BCUT2D eigenvalue weighted by Crippen LogP contribution is 2.23. The molecule has 1 aromatic carbocycles. The molecule has 6 heteroatoms. The Hall–Kier alpha value is -1.24. The molecule has 1 heterocycles. The Balaban J connectivity index is 2.24. The van der Waals surface area contributed by atoms with Crippen LogP contribution in [0.15, 0.2) is 30.3 Å². The monoisotopic (exact) mass is 296 g/mol. The van der Waals surface area contributed by atoms with Gasteiger partial charge in [-0.25, -0.2) is 4.79 Å². The zero-order chi connectivity index (χ0) is 14.6. The lowest BCUT2D eigenvalue weighted by atomic mass is 9.89. The number of likely N-dealkylation sites (N-methyl/N-ethyl adjacent to an activating group) is 1. The average molecular weight is 296 g/mol. The number of nitrogens with one attached hydrogen (secondary N) is 1. The highest BCUT2D eigenvalue weighted by Gasteiger charge is 2.40. The molecule has 110 valence electrons. The van der Waals surface area contributed by atoms with Gasteiger partial charge in [-0.2, -0.15) is 0 Å². The number of carboxylic acid groups (broad SMARTS) is 1. The first kappa shape index (κ1) is 15.2. The molecule has 1 fully saturated rings. The van der Waals surface area contributed by atoms with Gasteiger partial charge < -0.3 is 10.4 Å². The van der Waals surface area contributed by atoms with Crippen LogP contribution in [0.3, 0.4) is 0 Å². The first-order valence-corrected chi connectivity index (χ1v) is 8.12. The van der Waals surface area contributed by atoms with E-state index in [2.05, 4.69) is 10.2 Å². The maximum absolute atomic E-state index is 11.8. The van der Waals surface area contributed by atoms with Crippen molar-refractivity contribution >= 4 is 16.8 Å². The average Bonchev–Trinajstić information content (AvgIpc) is 2.47.